The average molecular weight is 1850 g/mol. The van der Waals surface area contributed by atoms with Gasteiger partial charge in [0.2, 0.25) is 0 Å². The number of pyridine rings is 13. The summed E-state index contributed by atoms with van der Waals surface area (Å²) >= 11 is 0. The third kappa shape index (κ3) is 21.1. The molecule has 13 nitrogen and oxygen atoms in total. The van der Waals surface area contributed by atoms with E-state index in [4.69, 9.17) is 0 Å². The molecule has 0 aliphatic heterocycles. The van der Waals surface area contributed by atoms with Crippen LogP contribution in [0.5, 0.6) is 0 Å². The van der Waals surface area contributed by atoms with Gasteiger partial charge < -0.3 is 0 Å². The minimum Gasteiger partial charge on any atom is -0.264 e. The third-order valence-electron chi connectivity index (χ3n) is 25.6. The van der Waals surface area contributed by atoms with Gasteiger partial charge in [0.25, 0.3) is 0 Å². The van der Waals surface area contributed by atoms with Crippen molar-refractivity contribution in [2.45, 2.75) is 0 Å². The first-order chi connectivity index (χ1) is 71.3. The molecule has 0 saturated carbocycles. The van der Waals surface area contributed by atoms with Gasteiger partial charge in [0.1, 0.15) is 0 Å². The molecule has 0 amide bonds. The van der Waals surface area contributed by atoms with E-state index in [1.165, 1.54) is 0 Å². The van der Waals surface area contributed by atoms with Gasteiger partial charge in [0.15, 0.2) is 0 Å². The van der Waals surface area contributed by atoms with E-state index in [9.17, 15) is 0 Å². The fraction of sp³-hybridized carbons (Fsp3) is 0. The van der Waals surface area contributed by atoms with E-state index in [1.54, 1.807) is 18.6 Å². The van der Waals surface area contributed by atoms with Crippen LogP contribution in [-0.4, -0.2) is 64.8 Å². The summed E-state index contributed by atoms with van der Waals surface area (Å²) in [4.78, 5) is 57.3. The first-order valence-electron chi connectivity index (χ1n) is 47.6. The lowest BCUT2D eigenvalue weighted by molar-refractivity contribution is 1.27. The van der Waals surface area contributed by atoms with Crippen LogP contribution in [0.4, 0.5) is 0 Å². The van der Waals surface area contributed by atoms with Gasteiger partial charge in [-0.1, -0.05) is 170 Å². The van der Waals surface area contributed by atoms with Crippen LogP contribution in [-0.2, 0) is 0 Å². The smallest absolute Gasteiger partial charge is 0.0723 e. The Morgan fingerprint density at radius 2 is 0.194 bits per heavy atom. The summed E-state index contributed by atoms with van der Waals surface area (Å²) in [6, 6.07) is 141. The van der Waals surface area contributed by atoms with Crippen molar-refractivity contribution in [3.63, 3.8) is 0 Å². The zero-order valence-corrected chi connectivity index (χ0v) is 78.2. The molecule has 0 atom stereocenters. The van der Waals surface area contributed by atoms with Crippen molar-refractivity contribution in [2.24, 2.45) is 0 Å². The van der Waals surface area contributed by atoms with Gasteiger partial charge in [-0.05, 0) is 392 Å². The molecule has 0 spiro atoms. The zero-order chi connectivity index (χ0) is 96.4. The van der Waals surface area contributed by atoms with Gasteiger partial charge >= 0.3 is 0 Å². The molecule has 0 unspecified atom stereocenters. The fourth-order valence-corrected chi connectivity index (χ4v) is 18.2. The monoisotopic (exact) mass is 1840 g/mol. The van der Waals surface area contributed by atoms with Crippen LogP contribution in [0, 0.1) is 0 Å². The molecule has 0 saturated heterocycles. The van der Waals surface area contributed by atoms with Crippen LogP contribution in [0.1, 0.15) is 0 Å². The average Bonchev–Trinajstić information content (AvgIpc) is 0.777. The van der Waals surface area contributed by atoms with Crippen molar-refractivity contribution in [1.82, 2.24) is 64.8 Å². The van der Waals surface area contributed by atoms with Crippen LogP contribution < -0.4 is 0 Å². The number of hydrogen-bond acceptors (Lipinski definition) is 13. The molecule has 0 aliphatic carbocycles. The number of hydrogen-bond donors (Lipinski definition) is 0. The second kappa shape index (κ2) is 42.5. The van der Waals surface area contributed by atoms with E-state index in [-0.39, 0.29) is 0 Å². The Kier molecular flexibility index (Phi) is 26.5. The lowest BCUT2D eigenvalue weighted by Crippen LogP contribution is -1.91. The first-order valence-corrected chi connectivity index (χ1v) is 47.6. The Hall–Kier alpha value is -19.6. The highest BCUT2D eigenvalue weighted by molar-refractivity contribution is 5.92. The largest absolute Gasteiger partial charge is 0.264 e. The highest BCUT2D eigenvalue weighted by atomic mass is 14.7. The molecule has 24 rings (SSSR count). The lowest BCUT2D eigenvalue weighted by atomic mass is 9.88. The van der Waals surface area contributed by atoms with E-state index in [2.05, 4.69) is 368 Å². The molecule has 0 bridgehead atoms. The van der Waals surface area contributed by atoms with E-state index < -0.39 is 0 Å². The Balaban J connectivity index is 0.000000126. The SMILES string of the molecule is c1cncc(-c2cc(-c3cc(-c4ccnc(-c5cccnc5)c4)cc(-c4ccnc(-c5cccnc5)c4)c3)ccn2)c1.c1cncc(-c2cccc(-c3cc(-c4cccc(-c5cccnc5)c4)cc(-c4cc(-c5cccc(-c6cccnc6)c5)cc(-c5cccc(-c6cccnc6)c5)c4)c3)c2)c1.c1cncc(-c2cccc(-c3cc(-c4cccc(-c5cccnc5)c4)cc(-c4cccc(-c5cccnc5)c4)c3)c2)c1. The molecule has 678 valence electrons. The van der Waals surface area contributed by atoms with Crippen LogP contribution in [0.15, 0.2) is 543 Å². The predicted octanol–water partition coefficient (Wildman–Crippen LogP) is 32.2. The van der Waals surface area contributed by atoms with E-state index in [0.717, 1.165) is 234 Å². The standard InChI is InChI=1S/C56H38N4.C39H27N3.C36H24N6/c1-9-39(47-17-5-21-57-35-47)25-43(13-1)51-29-52(44-14-2-10-40(26-44)48-18-6-22-58-36-48)32-55(31-51)56-33-53(45-15-3-11-41(27-45)49-19-7-23-59-37-49)30-54(34-56)46-16-4-12-42(28-46)50-20-8-24-60-38-50;1-7-28(34-13-4-16-40-25-34)19-31(10-1)37-22-38(32-11-2-8-29(20-32)35-14-5-17-41-26-35)24-39(23-37)33-12-3-9-30(21-33)36-15-6-18-42-27-36;1-4-28(22-37-10-1)34-19-25(7-13-40-34)31-16-32(26-8-14-41-35(20-26)29-5-2-11-38-23-29)18-33(17-31)27-9-15-42-36(21-27)30-6-3-12-39-24-30/h1-38H;1-27H;1-24H. The van der Waals surface area contributed by atoms with E-state index in [0.29, 0.717) is 0 Å². The summed E-state index contributed by atoms with van der Waals surface area (Å²) in [5, 5.41) is 0. The molecule has 13 aromatic heterocycles. The van der Waals surface area contributed by atoms with Crippen molar-refractivity contribution in [3.8, 4) is 234 Å². The zero-order valence-electron chi connectivity index (χ0n) is 78.2. The summed E-state index contributed by atoms with van der Waals surface area (Å²) in [5.74, 6) is 0. The molecule has 11 aromatic carbocycles. The van der Waals surface area contributed by atoms with Crippen molar-refractivity contribution < 1.29 is 0 Å². The Morgan fingerprint density at radius 1 is 0.0833 bits per heavy atom. The molecule has 0 aliphatic rings. The van der Waals surface area contributed by atoms with Gasteiger partial charge in [-0.15, -0.1) is 0 Å². The van der Waals surface area contributed by atoms with Crippen LogP contribution in [0.2, 0.25) is 0 Å². The van der Waals surface area contributed by atoms with Crippen molar-refractivity contribution in [1.29, 1.82) is 0 Å². The summed E-state index contributed by atoms with van der Waals surface area (Å²) in [6.07, 6.45) is 42.5. The summed E-state index contributed by atoms with van der Waals surface area (Å²) in [5.41, 5.74) is 45.8. The second-order valence-corrected chi connectivity index (χ2v) is 35.0. The van der Waals surface area contributed by atoms with E-state index in [1.807, 2.05) is 221 Å². The Morgan fingerprint density at radius 3 is 0.333 bits per heavy atom. The highest BCUT2D eigenvalue weighted by Gasteiger charge is 2.20. The van der Waals surface area contributed by atoms with Crippen LogP contribution >= 0.6 is 0 Å². The maximum atomic E-state index is 4.62. The first kappa shape index (κ1) is 89.6. The topological polar surface area (TPSA) is 168 Å². The molecular weight excluding hydrogens is 1760 g/mol. The predicted molar refractivity (Wildman–Crippen MR) is 585 cm³/mol. The summed E-state index contributed by atoms with van der Waals surface area (Å²) in [6.45, 7) is 0. The highest BCUT2D eigenvalue weighted by Crippen LogP contribution is 2.44. The van der Waals surface area contributed by atoms with Crippen LogP contribution in [0.3, 0.4) is 0 Å². The molecular formula is C131H89N13. The second-order valence-electron chi connectivity index (χ2n) is 35.0. The van der Waals surface area contributed by atoms with Gasteiger partial charge in [0.05, 0.1) is 17.1 Å². The normalized spacial score (nSPS) is 10.9. The molecule has 0 fully saturated rings. The molecule has 0 radical (unpaired) electrons. The quantitative estimate of drug-likeness (QED) is 0.0667. The number of rotatable bonds is 21. The number of nitrogens with zero attached hydrogens (tertiary/aromatic N) is 13. The van der Waals surface area contributed by atoms with Crippen molar-refractivity contribution >= 4 is 0 Å². The van der Waals surface area contributed by atoms with Gasteiger partial charge in [0, 0.05) is 198 Å². The molecule has 0 N–H and O–H groups in total. The Labute approximate surface area is 836 Å². The number of aromatic nitrogens is 13. The van der Waals surface area contributed by atoms with E-state index >= 15 is 0 Å². The maximum Gasteiger partial charge on any atom is 0.0723 e. The summed E-state index contributed by atoms with van der Waals surface area (Å²) in [7, 11) is 0. The van der Waals surface area contributed by atoms with Crippen molar-refractivity contribution in [2.75, 3.05) is 0 Å². The minimum absolute atomic E-state index is 0.873. The van der Waals surface area contributed by atoms with Crippen LogP contribution in [0.25, 0.3) is 234 Å². The molecule has 13 heteroatoms. The van der Waals surface area contributed by atoms with Gasteiger partial charge in [-0.3, -0.25) is 64.8 Å². The fourth-order valence-electron chi connectivity index (χ4n) is 18.2. The lowest BCUT2D eigenvalue weighted by Gasteiger charge is -2.16. The maximum absolute atomic E-state index is 4.62. The summed E-state index contributed by atoms with van der Waals surface area (Å²) < 4.78 is 0. The van der Waals surface area contributed by atoms with Crippen molar-refractivity contribution in [3.05, 3.63) is 543 Å². The van der Waals surface area contributed by atoms with Gasteiger partial charge in [-0.2, -0.15) is 0 Å². The molecule has 13 heterocycles. The Bertz CT molecular complexity index is 7400. The molecule has 24 aromatic rings. The van der Waals surface area contributed by atoms with Gasteiger partial charge in [-0.25, -0.2) is 0 Å². The number of benzene rings is 11. The molecule has 144 heavy (non-hydrogen) atoms. The third-order valence-corrected chi connectivity index (χ3v) is 25.6. The minimum atomic E-state index is 0.873.